The fraction of sp³-hybridized carbons (Fsp3) is 0.571. The van der Waals surface area contributed by atoms with Gasteiger partial charge >= 0.3 is 0 Å². The van der Waals surface area contributed by atoms with Gasteiger partial charge in [0.05, 0.1) is 24.3 Å². The number of anilines is 1. The number of amides is 1. The summed E-state index contributed by atoms with van der Waals surface area (Å²) in [5.74, 6) is 0.250. The van der Waals surface area contributed by atoms with Gasteiger partial charge in [-0.05, 0) is 25.5 Å². The number of carbonyl (C=O) groups is 1. The number of aromatic nitrogens is 1. The van der Waals surface area contributed by atoms with E-state index in [-0.39, 0.29) is 6.10 Å². The molecule has 0 saturated carbocycles. The molecule has 2 fully saturated rings. The van der Waals surface area contributed by atoms with E-state index in [0.717, 1.165) is 37.5 Å². The van der Waals surface area contributed by atoms with E-state index in [0.29, 0.717) is 17.4 Å². The minimum absolute atomic E-state index is 0.160. The molecule has 2 atom stereocenters. The Bertz CT molecular complexity index is 532. The third-order valence-electron chi connectivity index (χ3n) is 4.12. The predicted molar refractivity (Wildman–Crippen MR) is 76.0 cm³/mol. The molecule has 6 heteroatoms. The van der Waals surface area contributed by atoms with Gasteiger partial charge in [-0.2, -0.15) is 0 Å². The SMILES string of the molecule is Cc1cc(C(N)=O)c(N2C[C@@H]3NCCO[C@H]3C2)nc1C. The number of ether oxygens (including phenoxy) is 1. The number of aryl methyl sites for hydroxylation is 2. The molecule has 20 heavy (non-hydrogen) atoms. The normalized spacial score (nSPS) is 25.6. The molecule has 0 bridgehead atoms. The monoisotopic (exact) mass is 276 g/mol. The van der Waals surface area contributed by atoms with Crippen molar-refractivity contribution in [2.24, 2.45) is 5.73 Å². The van der Waals surface area contributed by atoms with Crippen LogP contribution in [-0.2, 0) is 4.74 Å². The summed E-state index contributed by atoms with van der Waals surface area (Å²) in [4.78, 5) is 18.3. The number of nitrogens with two attached hydrogens (primary N) is 1. The summed E-state index contributed by atoms with van der Waals surface area (Å²) >= 11 is 0. The summed E-state index contributed by atoms with van der Waals surface area (Å²) in [6.45, 7) is 7.03. The third kappa shape index (κ3) is 2.25. The highest BCUT2D eigenvalue weighted by Crippen LogP contribution is 2.26. The van der Waals surface area contributed by atoms with Crippen molar-refractivity contribution < 1.29 is 9.53 Å². The van der Waals surface area contributed by atoms with Crippen molar-refractivity contribution in [2.45, 2.75) is 26.0 Å². The summed E-state index contributed by atoms with van der Waals surface area (Å²) < 4.78 is 5.76. The molecule has 0 unspecified atom stereocenters. The highest BCUT2D eigenvalue weighted by atomic mass is 16.5. The second kappa shape index (κ2) is 5.03. The lowest BCUT2D eigenvalue weighted by atomic mass is 10.1. The maximum Gasteiger partial charge on any atom is 0.252 e. The van der Waals surface area contributed by atoms with Crippen LogP contribution in [0.5, 0.6) is 0 Å². The molecule has 6 nitrogen and oxygen atoms in total. The van der Waals surface area contributed by atoms with Crippen LogP contribution in [0, 0.1) is 13.8 Å². The topological polar surface area (TPSA) is 80.5 Å². The van der Waals surface area contributed by atoms with E-state index >= 15 is 0 Å². The molecule has 3 heterocycles. The summed E-state index contributed by atoms with van der Waals surface area (Å²) in [5, 5.41) is 3.44. The number of pyridine rings is 1. The van der Waals surface area contributed by atoms with Gasteiger partial charge < -0.3 is 20.7 Å². The minimum atomic E-state index is -0.431. The van der Waals surface area contributed by atoms with Crippen molar-refractivity contribution in [3.63, 3.8) is 0 Å². The van der Waals surface area contributed by atoms with Crippen molar-refractivity contribution in [1.82, 2.24) is 10.3 Å². The standard InChI is InChI=1S/C14H20N4O2/c1-8-5-10(13(15)19)14(17-9(8)2)18-6-11-12(7-18)20-4-3-16-11/h5,11-12,16H,3-4,6-7H2,1-2H3,(H2,15,19)/t11-,12-/m0/s1. The molecule has 0 spiro atoms. The lowest BCUT2D eigenvalue weighted by molar-refractivity contribution is 0.0212. The van der Waals surface area contributed by atoms with E-state index in [9.17, 15) is 4.79 Å². The van der Waals surface area contributed by atoms with Crippen molar-refractivity contribution in [2.75, 3.05) is 31.1 Å². The molecular formula is C14H20N4O2. The summed E-state index contributed by atoms with van der Waals surface area (Å²) in [7, 11) is 0. The average Bonchev–Trinajstić information content (AvgIpc) is 2.84. The number of hydrogen-bond donors (Lipinski definition) is 2. The summed E-state index contributed by atoms with van der Waals surface area (Å²) in [5.41, 5.74) is 7.89. The Kier molecular flexibility index (Phi) is 3.35. The molecule has 1 aromatic rings. The van der Waals surface area contributed by atoms with Crippen molar-refractivity contribution >= 4 is 11.7 Å². The van der Waals surface area contributed by atoms with E-state index in [1.807, 2.05) is 19.9 Å². The van der Waals surface area contributed by atoms with Gasteiger partial charge in [0, 0.05) is 25.3 Å². The Morgan fingerprint density at radius 1 is 1.50 bits per heavy atom. The first-order valence-electron chi connectivity index (χ1n) is 6.94. The van der Waals surface area contributed by atoms with Gasteiger partial charge in [0.1, 0.15) is 5.82 Å². The second-order valence-corrected chi connectivity index (χ2v) is 5.50. The molecule has 108 valence electrons. The molecule has 1 aromatic heterocycles. The first-order chi connectivity index (χ1) is 9.56. The van der Waals surface area contributed by atoms with Gasteiger partial charge in [-0.25, -0.2) is 4.98 Å². The lowest BCUT2D eigenvalue weighted by Gasteiger charge is -2.25. The Morgan fingerprint density at radius 2 is 2.30 bits per heavy atom. The van der Waals surface area contributed by atoms with Crippen molar-refractivity contribution in [3.05, 3.63) is 22.9 Å². The number of nitrogens with one attached hydrogen (secondary N) is 1. The highest BCUT2D eigenvalue weighted by Gasteiger charge is 2.37. The van der Waals surface area contributed by atoms with Crippen LogP contribution in [-0.4, -0.2) is 49.3 Å². The Balaban J connectivity index is 1.93. The zero-order chi connectivity index (χ0) is 14.3. The smallest absolute Gasteiger partial charge is 0.252 e. The van der Waals surface area contributed by atoms with E-state index < -0.39 is 5.91 Å². The van der Waals surface area contributed by atoms with E-state index in [2.05, 4.69) is 15.2 Å². The molecular weight excluding hydrogens is 256 g/mol. The van der Waals surface area contributed by atoms with E-state index in [4.69, 9.17) is 10.5 Å². The molecule has 0 aromatic carbocycles. The van der Waals surface area contributed by atoms with Gasteiger partial charge in [-0.3, -0.25) is 4.79 Å². The number of morpholine rings is 1. The van der Waals surface area contributed by atoms with Crippen LogP contribution in [0.15, 0.2) is 6.07 Å². The first kappa shape index (κ1) is 13.3. The van der Waals surface area contributed by atoms with Crippen LogP contribution in [0.2, 0.25) is 0 Å². The zero-order valence-corrected chi connectivity index (χ0v) is 11.8. The van der Waals surface area contributed by atoms with Crippen molar-refractivity contribution in [1.29, 1.82) is 0 Å². The lowest BCUT2D eigenvalue weighted by Crippen LogP contribution is -2.47. The molecule has 2 aliphatic rings. The molecule has 2 saturated heterocycles. The number of nitrogens with zero attached hydrogens (tertiary/aromatic N) is 2. The summed E-state index contributed by atoms with van der Waals surface area (Å²) in [6, 6.07) is 2.13. The van der Waals surface area contributed by atoms with Gasteiger partial charge in [0.15, 0.2) is 0 Å². The molecule has 1 amide bonds. The van der Waals surface area contributed by atoms with Crippen LogP contribution in [0.4, 0.5) is 5.82 Å². The molecule has 3 N–H and O–H groups in total. The first-order valence-corrected chi connectivity index (χ1v) is 6.94. The number of fused-ring (bicyclic) bond motifs is 1. The maximum atomic E-state index is 11.7. The van der Waals surface area contributed by atoms with E-state index in [1.165, 1.54) is 0 Å². The maximum absolute atomic E-state index is 11.7. The van der Waals surface area contributed by atoms with Crippen LogP contribution < -0.4 is 16.0 Å². The van der Waals surface area contributed by atoms with Crippen molar-refractivity contribution in [3.8, 4) is 0 Å². The number of rotatable bonds is 2. The van der Waals surface area contributed by atoms with Gasteiger partial charge in [0.25, 0.3) is 5.91 Å². The Labute approximate surface area is 118 Å². The summed E-state index contributed by atoms with van der Waals surface area (Å²) in [6.07, 6.45) is 0.160. The fourth-order valence-corrected chi connectivity index (χ4v) is 2.88. The highest BCUT2D eigenvalue weighted by molar-refractivity contribution is 5.98. The molecule has 3 rings (SSSR count). The Hall–Kier alpha value is -1.66. The van der Waals surface area contributed by atoms with Gasteiger partial charge in [-0.15, -0.1) is 0 Å². The Morgan fingerprint density at radius 3 is 3.00 bits per heavy atom. The van der Waals surface area contributed by atoms with Crippen LogP contribution in [0.3, 0.4) is 0 Å². The number of primary amides is 1. The van der Waals surface area contributed by atoms with Gasteiger partial charge in [0.2, 0.25) is 0 Å². The quantitative estimate of drug-likeness (QED) is 0.793. The average molecular weight is 276 g/mol. The van der Waals surface area contributed by atoms with Crippen LogP contribution >= 0.6 is 0 Å². The number of hydrogen-bond acceptors (Lipinski definition) is 5. The molecule has 0 aliphatic carbocycles. The minimum Gasteiger partial charge on any atom is -0.373 e. The number of carbonyl (C=O) groups excluding carboxylic acids is 1. The second-order valence-electron chi connectivity index (χ2n) is 5.50. The van der Waals surface area contributed by atoms with Crippen LogP contribution in [0.25, 0.3) is 0 Å². The molecule has 2 aliphatic heterocycles. The molecule has 0 radical (unpaired) electrons. The largest absolute Gasteiger partial charge is 0.373 e. The van der Waals surface area contributed by atoms with E-state index in [1.54, 1.807) is 0 Å². The van der Waals surface area contributed by atoms with Gasteiger partial charge in [-0.1, -0.05) is 0 Å². The zero-order valence-electron chi connectivity index (χ0n) is 11.8. The fourth-order valence-electron chi connectivity index (χ4n) is 2.88. The predicted octanol–water partition coefficient (Wildman–Crippen LogP) is -0.0257. The van der Waals surface area contributed by atoms with Crippen LogP contribution in [0.1, 0.15) is 21.6 Å². The third-order valence-corrected chi connectivity index (χ3v) is 4.12.